The molecule has 0 fully saturated rings. The molecular weight excluding hydrogens is 532 g/mol. The summed E-state index contributed by atoms with van der Waals surface area (Å²) in [4.78, 5) is 20.6. The zero-order chi connectivity index (χ0) is 27.1. The number of methoxy groups -OCH3 is 2. The molecule has 0 atom stereocenters. The van der Waals surface area contributed by atoms with Gasteiger partial charge in [0.2, 0.25) is 0 Å². The number of aromatic nitrogens is 4. The molecule has 15 heteroatoms. The van der Waals surface area contributed by atoms with E-state index in [1.54, 1.807) is 0 Å². The van der Waals surface area contributed by atoms with Gasteiger partial charge in [0, 0.05) is 11.8 Å². The Labute approximate surface area is 208 Å². The summed E-state index contributed by atoms with van der Waals surface area (Å²) in [6, 6.07) is 5.62. The molecule has 3 aromatic heterocycles. The van der Waals surface area contributed by atoms with Crippen LogP contribution in [0.4, 0.5) is 32.2 Å². The fourth-order valence-electron chi connectivity index (χ4n) is 3.33. The van der Waals surface area contributed by atoms with Gasteiger partial charge in [0.15, 0.2) is 28.7 Å². The van der Waals surface area contributed by atoms with Crippen LogP contribution in [-0.4, -0.2) is 39.7 Å². The minimum absolute atomic E-state index is 0.166. The van der Waals surface area contributed by atoms with Gasteiger partial charge in [-0.2, -0.15) is 31.4 Å². The number of hydrogen-bond donors (Lipinski definition) is 1. The molecule has 1 aromatic carbocycles. The lowest BCUT2D eigenvalue weighted by Crippen LogP contribution is -2.16. The zero-order valence-corrected chi connectivity index (χ0v) is 19.5. The Kier molecular flexibility index (Phi) is 6.62. The Hall–Kier alpha value is -4.07. The van der Waals surface area contributed by atoms with Gasteiger partial charge >= 0.3 is 12.4 Å². The maximum atomic E-state index is 13.9. The van der Waals surface area contributed by atoms with E-state index >= 15 is 0 Å². The zero-order valence-electron chi connectivity index (χ0n) is 18.7. The molecule has 194 valence electrons. The van der Waals surface area contributed by atoms with Gasteiger partial charge in [0.1, 0.15) is 5.56 Å². The molecule has 0 saturated carbocycles. The highest BCUT2D eigenvalue weighted by Crippen LogP contribution is 2.36. The van der Waals surface area contributed by atoms with E-state index in [1.807, 2.05) is 0 Å². The van der Waals surface area contributed by atoms with E-state index in [0.29, 0.717) is 22.5 Å². The number of fused-ring (bicyclic) bond motifs is 1. The van der Waals surface area contributed by atoms with Crippen molar-refractivity contribution >= 4 is 29.0 Å². The molecule has 0 aliphatic rings. The number of anilines is 1. The first kappa shape index (κ1) is 26.0. The predicted molar refractivity (Wildman–Crippen MR) is 119 cm³/mol. The lowest BCUT2D eigenvalue weighted by atomic mass is 10.1. The van der Waals surface area contributed by atoms with Crippen LogP contribution in [-0.2, 0) is 12.4 Å². The summed E-state index contributed by atoms with van der Waals surface area (Å²) < 4.78 is 90.9. The second-order valence-corrected chi connectivity index (χ2v) is 7.80. The van der Waals surface area contributed by atoms with Crippen molar-refractivity contribution in [1.29, 1.82) is 0 Å². The number of alkyl halides is 6. The molecule has 0 radical (unpaired) electrons. The molecular formula is C22H14ClF6N5O3. The summed E-state index contributed by atoms with van der Waals surface area (Å²) >= 11 is 5.82. The normalized spacial score (nSPS) is 12.0. The summed E-state index contributed by atoms with van der Waals surface area (Å²) in [5, 5.41) is 5.28. The van der Waals surface area contributed by atoms with Gasteiger partial charge in [-0.3, -0.25) is 4.79 Å². The minimum Gasteiger partial charge on any atom is -0.493 e. The van der Waals surface area contributed by atoms with Crippen molar-refractivity contribution in [1.82, 2.24) is 19.6 Å². The van der Waals surface area contributed by atoms with E-state index in [2.05, 4.69) is 20.4 Å². The Morgan fingerprint density at radius 1 is 0.973 bits per heavy atom. The van der Waals surface area contributed by atoms with Crippen molar-refractivity contribution in [2.75, 3.05) is 19.5 Å². The molecule has 0 unspecified atom stereocenters. The molecule has 0 bridgehead atoms. The molecule has 4 aromatic rings. The van der Waals surface area contributed by atoms with Gasteiger partial charge in [0.05, 0.1) is 36.7 Å². The number of nitrogens with one attached hydrogen (secondary N) is 1. The second-order valence-electron chi connectivity index (χ2n) is 7.39. The van der Waals surface area contributed by atoms with Crippen LogP contribution in [0.15, 0.2) is 42.7 Å². The first-order chi connectivity index (χ1) is 17.3. The number of amides is 1. The molecule has 0 aliphatic carbocycles. The number of carbonyl (C=O) groups is 1. The second kappa shape index (κ2) is 9.42. The number of hydrogen-bond acceptors (Lipinski definition) is 6. The number of ether oxygens (including phenoxy) is 2. The van der Waals surface area contributed by atoms with E-state index in [1.165, 1.54) is 32.4 Å². The average Bonchev–Trinajstić information content (AvgIpc) is 3.27. The molecule has 8 nitrogen and oxygen atoms in total. The summed E-state index contributed by atoms with van der Waals surface area (Å²) in [5.74, 6) is -0.932. The van der Waals surface area contributed by atoms with Crippen molar-refractivity contribution in [2.24, 2.45) is 0 Å². The quantitative estimate of drug-likeness (QED) is 0.321. The molecule has 1 amide bonds. The molecule has 0 spiro atoms. The van der Waals surface area contributed by atoms with Crippen LogP contribution in [0.25, 0.3) is 16.9 Å². The van der Waals surface area contributed by atoms with Crippen LogP contribution in [0.5, 0.6) is 11.5 Å². The smallest absolute Gasteiger partial charge is 0.433 e. The van der Waals surface area contributed by atoms with E-state index in [-0.39, 0.29) is 17.0 Å². The maximum absolute atomic E-state index is 13.9. The van der Waals surface area contributed by atoms with Crippen LogP contribution >= 0.6 is 11.6 Å². The fraction of sp³-hybridized carbons (Fsp3) is 0.182. The Morgan fingerprint density at radius 3 is 2.27 bits per heavy atom. The third-order valence-corrected chi connectivity index (χ3v) is 5.37. The molecule has 3 heterocycles. The van der Waals surface area contributed by atoms with Crippen LogP contribution < -0.4 is 14.8 Å². The highest BCUT2D eigenvalue weighted by Gasteiger charge is 2.36. The van der Waals surface area contributed by atoms with E-state index < -0.39 is 51.6 Å². The number of carbonyl (C=O) groups excluding carboxylic acids is 1. The molecule has 0 aliphatic heterocycles. The van der Waals surface area contributed by atoms with Crippen molar-refractivity contribution < 1.29 is 40.6 Å². The first-order valence-corrected chi connectivity index (χ1v) is 10.4. The van der Waals surface area contributed by atoms with E-state index in [9.17, 15) is 31.1 Å². The van der Waals surface area contributed by atoms with Crippen LogP contribution in [0.1, 0.15) is 21.6 Å². The lowest BCUT2D eigenvalue weighted by molar-refractivity contribution is -0.142. The number of pyridine rings is 1. The SMILES string of the molecule is COc1ccc(-c2cc(C(F)(F)F)n3ncc(C(=O)Nc4ncc(C(F)(F)F)cc4Cl)c3n2)cc1OC. The summed E-state index contributed by atoms with van der Waals surface area (Å²) in [5.41, 5.74) is -3.22. The van der Waals surface area contributed by atoms with Crippen molar-refractivity contribution in [3.05, 3.63) is 64.6 Å². The number of benzene rings is 1. The van der Waals surface area contributed by atoms with Crippen LogP contribution in [0.3, 0.4) is 0 Å². The minimum atomic E-state index is -4.88. The van der Waals surface area contributed by atoms with Crippen LogP contribution in [0, 0.1) is 0 Å². The number of nitrogens with zero attached hydrogens (tertiary/aromatic N) is 4. The van der Waals surface area contributed by atoms with Gasteiger partial charge in [-0.1, -0.05) is 11.6 Å². The average molecular weight is 546 g/mol. The molecule has 4 rings (SSSR count). The highest BCUT2D eigenvalue weighted by atomic mass is 35.5. The van der Waals surface area contributed by atoms with Crippen LogP contribution in [0.2, 0.25) is 5.02 Å². The molecule has 0 saturated heterocycles. The van der Waals surface area contributed by atoms with E-state index in [4.69, 9.17) is 21.1 Å². The summed E-state index contributed by atoms with van der Waals surface area (Å²) in [7, 11) is 2.73. The van der Waals surface area contributed by atoms with Crippen molar-refractivity contribution in [3.8, 4) is 22.8 Å². The standard InChI is InChI=1S/C22H14ClF6N5O3/c1-36-15-4-3-10(5-16(15)37-2)14-7-17(22(27,28)29)34-19(32-14)12(9-31-34)20(35)33-18-13(23)6-11(8-30-18)21(24,25)26/h3-9H,1-2H3,(H,30,33,35). The molecule has 1 N–H and O–H groups in total. The Balaban J connectivity index is 1.80. The predicted octanol–water partition coefficient (Wildman–Crippen LogP) is 5.75. The van der Waals surface area contributed by atoms with Gasteiger partial charge in [0.25, 0.3) is 5.91 Å². The van der Waals surface area contributed by atoms with E-state index in [0.717, 1.165) is 12.3 Å². The summed E-state index contributed by atoms with van der Waals surface area (Å²) in [6.07, 6.45) is -8.32. The monoisotopic (exact) mass is 545 g/mol. The highest BCUT2D eigenvalue weighted by molar-refractivity contribution is 6.33. The van der Waals surface area contributed by atoms with Crippen molar-refractivity contribution in [2.45, 2.75) is 12.4 Å². The summed E-state index contributed by atoms with van der Waals surface area (Å²) in [6.45, 7) is 0. The Morgan fingerprint density at radius 2 is 1.68 bits per heavy atom. The third kappa shape index (κ3) is 5.09. The number of halogens is 7. The van der Waals surface area contributed by atoms with Gasteiger partial charge in [-0.05, 0) is 30.3 Å². The Bertz CT molecular complexity index is 1500. The topological polar surface area (TPSA) is 90.6 Å². The third-order valence-electron chi connectivity index (χ3n) is 5.09. The lowest BCUT2D eigenvalue weighted by Gasteiger charge is -2.13. The van der Waals surface area contributed by atoms with Gasteiger partial charge in [-0.25, -0.2) is 14.5 Å². The largest absolute Gasteiger partial charge is 0.493 e. The molecule has 37 heavy (non-hydrogen) atoms. The van der Waals surface area contributed by atoms with Crippen molar-refractivity contribution in [3.63, 3.8) is 0 Å². The fourth-order valence-corrected chi connectivity index (χ4v) is 3.54. The first-order valence-electron chi connectivity index (χ1n) is 10.1. The maximum Gasteiger partial charge on any atom is 0.433 e. The number of rotatable bonds is 5. The van der Waals surface area contributed by atoms with Gasteiger partial charge < -0.3 is 14.8 Å². The van der Waals surface area contributed by atoms with Gasteiger partial charge in [-0.15, -0.1) is 0 Å².